The number of hydrogen-bond acceptors (Lipinski definition) is 8. The predicted octanol–water partition coefficient (Wildman–Crippen LogP) is 5.75. The Labute approximate surface area is 302 Å². The summed E-state index contributed by atoms with van der Waals surface area (Å²) < 4.78 is 54.5. The molecule has 0 aliphatic carbocycles. The maximum Gasteiger partial charge on any atom is 0.407 e. The van der Waals surface area contributed by atoms with Gasteiger partial charge in [0.2, 0.25) is 21.8 Å². The number of ether oxygens (including phenoxy) is 2. The number of alkyl carbamates (subject to hydrolysis) is 1. The zero-order valence-electron chi connectivity index (χ0n) is 28.5. The Kier molecular flexibility index (Phi) is 12.6. The van der Waals surface area contributed by atoms with Crippen molar-refractivity contribution < 1.29 is 31.9 Å². The second kappa shape index (κ2) is 17.1. The van der Waals surface area contributed by atoms with E-state index in [4.69, 9.17) is 21.1 Å². The molecule has 1 fully saturated rings. The van der Waals surface area contributed by atoms with Gasteiger partial charge in [0, 0.05) is 59.6 Å². The molecule has 0 saturated carbocycles. The van der Waals surface area contributed by atoms with E-state index in [1.165, 1.54) is 26.4 Å². The Morgan fingerprint density at radius 1 is 1.00 bits per heavy atom. The SMILES string of the molecule is COC(=O)N[C@H](C(=O)Nc1cccc(F)c1CCC[C@H]1CNC[C@@H](C)N1S(=O)(=O)c1ccccc1)[C@@H](c1ccc(Cl)cc1)c1ccc(OC)nc1. The van der Waals surface area contributed by atoms with Crippen LogP contribution in [-0.2, 0) is 26.0 Å². The fraction of sp³-hybridized carbons (Fsp3) is 0.324. The molecular formula is C37H41ClFN5O6S. The van der Waals surface area contributed by atoms with Crippen molar-refractivity contribution in [2.24, 2.45) is 0 Å². The van der Waals surface area contributed by atoms with Gasteiger partial charge in [-0.3, -0.25) is 4.79 Å². The molecule has 1 saturated heterocycles. The molecule has 0 radical (unpaired) electrons. The standard InChI is InChI=1S/C37H41ClFN5O6S/c1-24-21-40-23-28(44(24)51(47,48)29-10-5-4-6-11-29)9-7-12-30-31(39)13-8-14-32(30)42-36(45)35(43-37(46)50-3)34(25-15-18-27(38)19-16-25)26-17-20-33(49-2)41-22-26/h4-6,8,10-11,13-20,22,24,28,34-35,40H,7,9,12,21,23H2,1-3H3,(H,42,45)(H,43,46)/t24-,28+,34+,35+/m1/s1. The summed E-state index contributed by atoms with van der Waals surface area (Å²) in [6.45, 7) is 2.82. The highest BCUT2D eigenvalue weighted by Gasteiger charge is 2.38. The van der Waals surface area contributed by atoms with Crippen LogP contribution in [0.25, 0.3) is 0 Å². The number of sulfonamides is 1. The highest BCUT2D eigenvalue weighted by Crippen LogP contribution is 2.32. The molecular weight excluding hydrogens is 697 g/mol. The number of pyridine rings is 1. The van der Waals surface area contributed by atoms with Crippen LogP contribution in [0.2, 0.25) is 5.02 Å². The van der Waals surface area contributed by atoms with Crippen molar-refractivity contribution in [2.75, 3.05) is 32.6 Å². The lowest BCUT2D eigenvalue weighted by Crippen LogP contribution is -2.58. The highest BCUT2D eigenvalue weighted by molar-refractivity contribution is 7.89. The lowest BCUT2D eigenvalue weighted by atomic mass is 9.85. The molecule has 0 bridgehead atoms. The minimum atomic E-state index is -3.77. The molecule has 0 unspecified atom stereocenters. The van der Waals surface area contributed by atoms with Crippen molar-refractivity contribution in [3.63, 3.8) is 0 Å². The number of carbonyl (C=O) groups excluding carboxylic acids is 2. The van der Waals surface area contributed by atoms with Gasteiger partial charge in [-0.05, 0) is 73.7 Å². The third-order valence-corrected chi connectivity index (χ3v) is 11.2. The third kappa shape index (κ3) is 9.03. The number of nitrogens with zero attached hydrogens (tertiary/aromatic N) is 2. The van der Waals surface area contributed by atoms with Gasteiger partial charge in [0.25, 0.3) is 0 Å². The van der Waals surface area contributed by atoms with Gasteiger partial charge < -0.3 is 25.4 Å². The normalized spacial score (nSPS) is 17.6. The fourth-order valence-corrected chi connectivity index (χ4v) is 8.45. The topological polar surface area (TPSA) is 139 Å². The predicted molar refractivity (Wildman–Crippen MR) is 193 cm³/mol. The number of aromatic nitrogens is 1. The summed E-state index contributed by atoms with van der Waals surface area (Å²) in [6, 6.07) is 21.0. The molecule has 11 nitrogen and oxygen atoms in total. The Bertz CT molecular complexity index is 1900. The molecule has 51 heavy (non-hydrogen) atoms. The van der Waals surface area contributed by atoms with Crippen LogP contribution >= 0.6 is 11.6 Å². The molecule has 3 aromatic carbocycles. The van der Waals surface area contributed by atoms with Crippen molar-refractivity contribution >= 4 is 39.3 Å². The van der Waals surface area contributed by atoms with Crippen LogP contribution in [-0.4, -0.2) is 75.1 Å². The van der Waals surface area contributed by atoms with E-state index in [0.29, 0.717) is 48.0 Å². The Morgan fingerprint density at radius 2 is 1.73 bits per heavy atom. The number of amides is 2. The van der Waals surface area contributed by atoms with Gasteiger partial charge in [-0.25, -0.2) is 22.6 Å². The summed E-state index contributed by atoms with van der Waals surface area (Å²) in [5.41, 5.74) is 1.71. The van der Waals surface area contributed by atoms with Gasteiger partial charge in [-0.1, -0.05) is 54.1 Å². The first-order valence-corrected chi connectivity index (χ1v) is 18.3. The molecule has 1 aliphatic rings. The van der Waals surface area contributed by atoms with Crippen molar-refractivity contribution in [1.82, 2.24) is 19.9 Å². The number of hydrogen-bond donors (Lipinski definition) is 3. The number of nitrogens with one attached hydrogen (secondary N) is 3. The van der Waals surface area contributed by atoms with E-state index in [9.17, 15) is 18.0 Å². The lowest BCUT2D eigenvalue weighted by molar-refractivity contribution is -0.118. The highest BCUT2D eigenvalue weighted by atomic mass is 35.5. The number of piperazine rings is 1. The molecule has 5 rings (SSSR count). The van der Waals surface area contributed by atoms with Crippen LogP contribution in [0.1, 0.15) is 42.4 Å². The first kappa shape index (κ1) is 37.7. The van der Waals surface area contributed by atoms with Gasteiger partial charge in [0.1, 0.15) is 11.9 Å². The van der Waals surface area contributed by atoms with Crippen molar-refractivity contribution in [1.29, 1.82) is 0 Å². The molecule has 1 aromatic heterocycles. The third-order valence-electron chi connectivity index (χ3n) is 8.90. The smallest absolute Gasteiger partial charge is 0.407 e. The molecule has 14 heteroatoms. The number of rotatable bonds is 13. The van der Waals surface area contributed by atoms with E-state index in [1.54, 1.807) is 83.3 Å². The number of carbonyl (C=O) groups is 2. The fourth-order valence-electron chi connectivity index (χ4n) is 6.46. The second-order valence-corrected chi connectivity index (χ2v) is 14.5. The second-order valence-electron chi connectivity index (χ2n) is 12.2. The molecule has 270 valence electrons. The molecule has 2 amide bonds. The van der Waals surface area contributed by atoms with E-state index in [-0.39, 0.29) is 34.7 Å². The van der Waals surface area contributed by atoms with Gasteiger partial charge in [-0.2, -0.15) is 4.31 Å². The molecule has 1 aliphatic heterocycles. The van der Waals surface area contributed by atoms with Crippen LogP contribution in [0.3, 0.4) is 0 Å². The Balaban J connectivity index is 1.40. The van der Waals surface area contributed by atoms with E-state index in [1.807, 2.05) is 6.92 Å². The summed E-state index contributed by atoms with van der Waals surface area (Å²) in [4.78, 5) is 31.4. The minimum Gasteiger partial charge on any atom is -0.481 e. The zero-order valence-corrected chi connectivity index (χ0v) is 30.1. The summed E-state index contributed by atoms with van der Waals surface area (Å²) in [7, 11) is -1.10. The van der Waals surface area contributed by atoms with Crippen LogP contribution in [0, 0.1) is 5.82 Å². The molecule has 2 heterocycles. The van der Waals surface area contributed by atoms with Gasteiger partial charge >= 0.3 is 6.09 Å². The van der Waals surface area contributed by atoms with Crippen molar-refractivity contribution in [3.05, 3.63) is 119 Å². The van der Waals surface area contributed by atoms with Crippen LogP contribution in [0.4, 0.5) is 14.9 Å². The zero-order chi connectivity index (χ0) is 36.5. The van der Waals surface area contributed by atoms with E-state index in [0.717, 1.165) is 0 Å². The van der Waals surface area contributed by atoms with E-state index < -0.39 is 39.8 Å². The average Bonchev–Trinajstić information content (AvgIpc) is 3.13. The number of halogens is 2. The summed E-state index contributed by atoms with van der Waals surface area (Å²) >= 11 is 6.18. The monoisotopic (exact) mass is 737 g/mol. The lowest BCUT2D eigenvalue weighted by Gasteiger charge is -2.40. The van der Waals surface area contributed by atoms with Crippen LogP contribution in [0.15, 0.2) is 96.0 Å². The quantitative estimate of drug-likeness (QED) is 0.158. The summed E-state index contributed by atoms with van der Waals surface area (Å²) in [6.07, 6.45) is 1.79. The first-order valence-electron chi connectivity index (χ1n) is 16.5. The largest absolute Gasteiger partial charge is 0.481 e. The molecule has 4 atom stereocenters. The van der Waals surface area contributed by atoms with E-state index >= 15 is 4.39 Å². The van der Waals surface area contributed by atoms with Crippen LogP contribution < -0.4 is 20.7 Å². The van der Waals surface area contributed by atoms with Crippen molar-refractivity contribution in [3.8, 4) is 5.88 Å². The maximum atomic E-state index is 15.5. The van der Waals surface area contributed by atoms with Crippen LogP contribution in [0.5, 0.6) is 5.88 Å². The first-order chi connectivity index (χ1) is 24.5. The van der Waals surface area contributed by atoms with Crippen molar-refractivity contribution in [2.45, 2.75) is 55.1 Å². The average molecular weight is 738 g/mol. The van der Waals surface area contributed by atoms with Gasteiger partial charge in [-0.15, -0.1) is 0 Å². The van der Waals surface area contributed by atoms with Gasteiger partial charge in [0.05, 0.1) is 19.1 Å². The molecule has 3 N–H and O–H groups in total. The summed E-state index contributed by atoms with van der Waals surface area (Å²) in [5, 5.41) is 9.30. The molecule has 4 aromatic rings. The van der Waals surface area contributed by atoms with Gasteiger partial charge in [0.15, 0.2) is 0 Å². The number of anilines is 1. The summed E-state index contributed by atoms with van der Waals surface area (Å²) in [5.74, 6) is -1.56. The number of methoxy groups -OCH3 is 2. The maximum absolute atomic E-state index is 15.5. The minimum absolute atomic E-state index is 0.213. The van der Waals surface area contributed by atoms with E-state index in [2.05, 4.69) is 20.9 Å². The molecule has 0 spiro atoms. The Morgan fingerprint density at radius 3 is 2.39 bits per heavy atom. The Hall–Kier alpha value is -4.56. The number of benzene rings is 3.